The predicted molar refractivity (Wildman–Crippen MR) is 101 cm³/mol. The van der Waals surface area contributed by atoms with Gasteiger partial charge in [-0.2, -0.15) is 0 Å². The van der Waals surface area contributed by atoms with Gasteiger partial charge in [-0.1, -0.05) is 29.8 Å². The molecule has 2 amide bonds. The molecule has 2 aliphatic heterocycles. The Kier molecular flexibility index (Phi) is 4.92. The number of hydrogen-bond acceptors (Lipinski definition) is 2. The standard InChI is InChI=1S/C20H28ClN3O/c21-18-9-2-1-8-17(18)20(10-11-20)22-19(25)24-14-4-3-7-16(24)15-23-12-5-6-13-23/h1-2,8-9,16H,3-7,10-15H2,(H,22,25). The maximum atomic E-state index is 13.1. The zero-order valence-electron chi connectivity index (χ0n) is 14.8. The van der Waals surface area contributed by atoms with Gasteiger partial charge in [0, 0.05) is 24.2 Å². The number of piperidine rings is 1. The monoisotopic (exact) mass is 361 g/mol. The highest BCUT2D eigenvalue weighted by Crippen LogP contribution is 2.48. The Labute approximate surface area is 155 Å². The van der Waals surface area contributed by atoms with Crippen molar-refractivity contribution in [2.75, 3.05) is 26.2 Å². The lowest BCUT2D eigenvalue weighted by molar-refractivity contribution is 0.124. The molecule has 3 aliphatic rings. The van der Waals surface area contributed by atoms with Crippen molar-refractivity contribution in [2.45, 2.75) is 56.5 Å². The Bertz CT molecular complexity index is 625. The first-order valence-corrected chi connectivity index (χ1v) is 10.1. The fourth-order valence-electron chi connectivity index (χ4n) is 4.43. The van der Waals surface area contributed by atoms with Gasteiger partial charge in [0.05, 0.1) is 5.54 Å². The molecule has 0 aromatic heterocycles. The second-order valence-corrected chi connectivity index (χ2v) is 8.25. The summed E-state index contributed by atoms with van der Waals surface area (Å²) >= 11 is 6.39. The van der Waals surface area contributed by atoms with Crippen LogP contribution in [0.1, 0.15) is 50.5 Å². The molecule has 1 unspecified atom stereocenters. The van der Waals surface area contributed by atoms with Gasteiger partial charge in [0.15, 0.2) is 0 Å². The summed E-state index contributed by atoms with van der Waals surface area (Å²) in [6, 6.07) is 8.37. The molecule has 136 valence electrons. The topological polar surface area (TPSA) is 35.6 Å². The third kappa shape index (κ3) is 3.65. The molecule has 1 aromatic rings. The van der Waals surface area contributed by atoms with E-state index in [1.807, 2.05) is 24.3 Å². The van der Waals surface area contributed by atoms with Crippen LogP contribution >= 0.6 is 11.6 Å². The third-order valence-electron chi connectivity index (χ3n) is 6.04. The van der Waals surface area contributed by atoms with Crippen LogP contribution in [0.25, 0.3) is 0 Å². The van der Waals surface area contributed by atoms with Crippen LogP contribution in [0.15, 0.2) is 24.3 Å². The molecular formula is C20H28ClN3O. The first-order chi connectivity index (χ1) is 12.2. The number of hydrogen-bond donors (Lipinski definition) is 1. The smallest absolute Gasteiger partial charge is 0.318 e. The third-order valence-corrected chi connectivity index (χ3v) is 6.37. The first-order valence-electron chi connectivity index (χ1n) is 9.74. The van der Waals surface area contributed by atoms with Crippen LogP contribution in [0.5, 0.6) is 0 Å². The highest BCUT2D eigenvalue weighted by Gasteiger charge is 2.48. The van der Waals surface area contributed by atoms with Gasteiger partial charge < -0.3 is 15.1 Å². The van der Waals surface area contributed by atoms with Gasteiger partial charge in [0.2, 0.25) is 0 Å². The van der Waals surface area contributed by atoms with Gasteiger partial charge >= 0.3 is 6.03 Å². The van der Waals surface area contributed by atoms with E-state index in [1.54, 1.807) is 0 Å². The van der Waals surface area contributed by atoms with Crippen molar-refractivity contribution in [1.82, 2.24) is 15.1 Å². The average Bonchev–Trinajstić information content (AvgIpc) is 3.20. The van der Waals surface area contributed by atoms with Crippen molar-refractivity contribution in [3.8, 4) is 0 Å². The summed E-state index contributed by atoms with van der Waals surface area (Å²) in [5.41, 5.74) is 0.823. The molecule has 0 bridgehead atoms. The minimum Gasteiger partial charge on any atom is -0.328 e. The fourth-order valence-corrected chi connectivity index (χ4v) is 4.75. The van der Waals surface area contributed by atoms with E-state index in [0.29, 0.717) is 6.04 Å². The average molecular weight is 362 g/mol. The van der Waals surface area contributed by atoms with E-state index >= 15 is 0 Å². The Morgan fingerprint density at radius 3 is 2.56 bits per heavy atom. The number of likely N-dealkylation sites (tertiary alicyclic amines) is 2. The Balaban J connectivity index is 1.44. The molecule has 25 heavy (non-hydrogen) atoms. The van der Waals surface area contributed by atoms with Crippen molar-refractivity contribution in [3.05, 3.63) is 34.9 Å². The molecular weight excluding hydrogens is 334 g/mol. The maximum Gasteiger partial charge on any atom is 0.318 e. The SMILES string of the molecule is O=C(NC1(c2ccccc2Cl)CC1)N1CCCCC1CN1CCCC1. The fraction of sp³-hybridized carbons (Fsp3) is 0.650. The minimum atomic E-state index is -0.245. The quantitative estimate of drug-likeness (QED) is 0.880. The first kappa shape index (κ1) is 17.2. The summed E-state index contributed by atoms with van der Waals surface area (Å²) in [5.74, 6) is 0. The van der Waals surface area contributed by atoms with Crippen molar-refractivity contribution >= 4 is 17.6 Å². The van der Waals surface area contributed by atoms with Crippen LogP contribution in [0.3, 0.4) is 0 Å². The number of rotatable bonds is 4. The summed E-state index contributed by atoms with van der Waals surface area (Å²) in [6.45, 7) is 4.29. The zero-order valence-corrected chi connectivity index (χ0v) is 15.6. The van der Waals surface area contributed by atoms with Crippen LogP contribution in [-0.4, -0.2) is 48.1 Å². The number of nitrogens with one attached hydrogen (secondary N) is 1. The van der Waals surface area contributed by atoms with Crippen LogP contribution < -0.4 is 5.32 Å². The van der Waals surface area contributed by atoms with E-state index in [4.69, 9.17) is 11.6 Å². The predicted octanol–water partition coefficient (Wildman–Crippen LogP) is 3.99. The number of carbonyl (C=O) groups is 1. The molecule has 2 saturated heterocycles. The lowest BCUT2D eigenvalue weighted by atomic mass is 10.0. The Hall–Kier alpha value is -1.26. The molecule has 1 aromatic carbocycles. The number of nitrogens with zero attached hydrogens (tertiary/aromatic N) is 2. The van der Waals surface area contributed by atoms with Gasteiger partial charge in [-0.05, 0) is 69.7 Å². The molecule has 3 fully saturated rings. The number of carbonyl (C=O) groups excluding carboxylic acids is 1. The van der Waals surface area contributed by atoms with Gasteiger partial charge in [-0.25, -0.2) is 4.79 Å². The van der Waals surface area contributed by atoms with Gasteiger partial charge in [-0.15, -0.1) is 0 Å². The van der Waals surface area contributed by atoms with Gasteiger partial charge in [-0.3, -0.25) is 0 Å². The molecule has 1 aliphatic carbocycles. The summed E-state index contributed by atoms with van der Waals surface area (Å²) < 4.78 is 0. The van der Waals surface area contributed by atoms with Crippen molar-refractivity contribution < 1.29 is 4.79 Å². The van der Waals surface area contributed by atoms with Crippen molar-refractivity contribution in [3.63, 3.8) is 0 Å². The van der Waals surface area contributed by atoms with E-state index in [2.05, 4.69) is 15.1 Å². The molecule has 5 heteroatoms. The van der Waals surface area contributed by atoms with E-state index in [-0.39, 0.29) is 11.6 Å². The van der Waals surface area contributed by atoms with Crippen molar-refractivity contribution in [2.24, 2.45) is 0 Å². The number of benzene rings is 1. The number of amides is 2. The number of urea groups is 1. The maximum absolute atomic E-state index is 13.1. The van der Waals surface area contributed by atoms with E-state index in [9.17, 15) is 4.79 Å². The molecule has 1 atom stereocenters. The zero-order chi connectivity index (χ0) is 17.3. The lowest BCUT2D eigenvalue weighted by Gasteiger charge is -2.38. The normalized spacial score (nSPS) is 25.8. The number of halogens is 1. The molecule has 1 N–H and O–H groups in total. The molecule has 4 rings (SSSR count). The highest BCUT2D eigenvalue weighted by atomic mass is 35.5. The van der Waals surface area contributed by atoms with Crippen LogP contribution in [0.2, 0.25) is 5.02 Å². The second-order valence-electron chi connectivity index (χ2n) is 7.84. The summed E-state index contributed by atoms with van der Waals surface area (Å²) in [4.78, 5) is 17.7. The molecule has 4 nitrogen and oxygen atoms in total. The largest absolute Gasteiger partial charge is 0.328 e. The van der Waals surface area contributed by atoms with E-state index in [1.165, 1.54) is 32.4 Å². The van der Waals surface area contributed by atoms with E-state index < -0.39 is 0 Å². The van der Waals surface area contributed by atoms with Crippen LogP contribution in [0, 0.1) is 0 Å². The van der Waals surface area contributed by atoms with Crippen molar-refractivity contribution in [1.29, 1.82) is 0 Å². The molecule has 0 spiro atoms. The molecule has 0 radical (unpaired) electrons. The highest BCUT2D eigenvalue weighted by molar-refractivity contribution is 6.31. The second kappa shape index (κ2) is 7.16. The van der Waals surface area contributed by atoms with Crippen LogP contribution in [-0.2, 0) is 5.54 Å². The van der Waals surface area contributed by atoms with E-state index in [0.717, 1.165) is 49.4 Å². The summed E-state index contributed by atoms with van der Waals surface area (Å²) in [5, 5.41) is 4.09. The summed E-state index contributed by atoms with van der Waals surface area (Å²) in [7, 11) is 0. The molecule has 1 saturated carbocycles. The Morgan fingerprint density at radius 2 is 1.84 bits per heavy atom. The molecule has 2 heterocycles. The lowest BCUT2D eigenvalue weighted by Crippen LogP contribution is -2.54. The van der Waals surface area contributed by atoms with Crippen LogP contribution in [0.4, 0.5) is 4.79 Å². The van der Waals surface area contributed by atoms with Gasteiger partial charge in [0.25, 0.3) is 0 Å². The Morgan fingerprint density at radius 1 is 1.12 bits per heavy atom. The van der Waals surface area contributed by atoms with Gasteiger partial charge in [0.1, 0.15) is 0 Å². The minimum absolute atomic E-state index is 0.0984. The summed E-state index contributed by atoms with van der Waals surface area (Å²) in [6.07, 6.45) is 8.03.